The lowest BCUT2D eigenvalue weighted by atomic mass is 10.1. The summed E-state index contributed by atoms with van der Waals surface area (Å²) in [5.41, 5.74) is 2.23. The van der Waals surface area contributed by atoms with Gasteiger partial charge in [-0.15, -0.1) is 0 Å². The molecule has 2 rings (SSSR count). The van der Waals surface area contributed by atoms with E-state index in [4.69, 9.17) is 9.57 Å². The zero-order chi connectivity index (χ0) is 14.2. The van der Waals surface area contributed by atoms with E-state index in [-0.39, 0.29) is 6.10 Å². The molecule has 0 saturated heterocycles. The monoisotopic (exact) mass is 333 g/mol. The standard InChI is InChI=1S/C16H16BrNO2/c1-19-18-12-16(14-5-3-2-4-6-14)20-15-9-7-13(11-17)8-10-15/h2-10,12,16H,11H2,1H3. The molecule has 104 valence electrons. The van der Waals surface area contributed by atoms with Crippen molar-refractivity contribution in [1.29, 1.82) is 0 Å². The molecule has 2 aromatic rings. The van der Waals surface area contributed by atoms with E-state index in [1.807, 2.05) is 54.6 Å². The molecular weight excluding hydrogens is 318 g/mol. The Bertz CT molecular complexity index is 540. The van der Waals surface area contributed by atoms with Crippen molar-refractivity contribution in [1.82, 2.24) is 0 Å². The third-order valence-electron chi connectivity index (χ3n) is 2.77. The molecule has 3 nitrogen and oxygen atoms in total. The van der Waals surface area contributed by atoms with Gasteiger partial charge in [0, 0.05) is 5.33 Å². The lowest BCUT2D eigenvalue weighted by Crippen LogP contribution is -2.09. The molecule has 20 heavy (non-hydrogen) atoms. The van der Waals surface area contributed by atoms with Crippen molar-refractivity contribution in [3.8, 4) is 5.75 Å². The molecule has 0 bridgehead atoms. The average Bonchev–Trinajstić information content (AvgIpc) is 2.53. The van der Waals surface area contributed by atoms with Crippen LogP contribution in [0.15, 0.2) is 59.8 Å². The van der Waals surface area contributed by atoms with E-state index in [9.17, 15) is 0 Å². The zero-order valence-electron chi connectivity index (χ0n) is 11.2. The van der Waals surface area contributed by atoms with Crippen LogP contribution in [0.2, 0.25) is 0 Å². The first-order valence-electron chi connectivity index (χ1n) is 6.26. The molecule has 1 atom stereocenters. The third-order valence-corrected chi connectivity index (χ3v) is 3.42. The number of benzene rings is 2. The van der Waals surface area contributed by atoms with Gasteiger partial charge in [-0.1, -0.05) is 63.6 Å². The highest BCUT2D eigenvalue weighted by atomic mass is 79.9. The Labute approximate surface area is 127 Å². The summed E-state index contributed by atoms with van der Waals surface area (Å²) in [6, 6.07) is 17.9. The number of alkyl halides is 1. The van der Waals surface area contributed by atoms with Crippen LogP contribution in [0.5, 0.6) is 5.75 Å². The highest BCUT2D eigenvalue weighted by molar-refractivity contribution is 9.08. The van der Waals surface area contributed by atoms with Gasteiger partial charge in [0.1, 0.15) is 12.9 Å². The molecule has 0 radical (unpaired) electrons. The van der Waals surface area contributed by atoms with Crippen LogP contribution in [0.4, 0.5) is 0 Å². The quantitative estimate of drug-likeness (QED) is 0.447. The van der Waals surface area contributed by atoms with E-state index >= 15 is 0 Å². The van der Waals surface area contributed by atoms with E-state index in [1.165, 1.54) is 12.7 Å². The fourth-order valence-corrected chi connectivity index (χ4v) is 2.12. The van der Waals surface area contributed by atoms with Gasteiger partial charge < -0.3 is 9.57 Å². The molecule has 0 heterocycles. The number of nitrogens with zero attached hydrogens (tertiary/aromatic N) is 1. The molecule has 0 N–H and O–H groups in total. The van der Waals surface area contributed by atoms with Crippen molar-refractivity contribution in [2.45, 2.75) is 11.4 Å². The summed E-state index contributed by atoms with van der Waals surface area (Å²) in [4.78, 5) is 4.75. The molecule has 0 aliphatic carbocycles. The highest BCUT2D eigenvalue weighted by Crippen LogP contribution is 2.21. The molecule has 0 aliphatic rings. The largest absolute Gasteiger partial charge is 0.480 e. The number of ether oxygens (including phenoxy) is 1. The summed E-state index contributed by atoms with van der Waals surface area (Å²) in [5.74, 6) is 0.797. The first-order valence-corrected chi connectivity index (χ1v) is 7.39. The van der Waals surface area contributed by atoms with Crippen molar-refractivity contribution in [3.05, 3.63) is 65.7 Å². The van der Waals surface area contributed by atoms with Crippen molar-refractivity contribution in [2.75, 3.05) is 7.11 Å². The average molecular weight is 334 g/mol. The van der Waals surface area contributed by atoms with Crippen LogP contribution in [0, 0.1) is 0 Å². The second-order valence-electron chi connectivity index (χ2n) is 4.16. The van der Waals surface area contributed by atoms with Crippen LogP contribution in [-0.4, -0.2) is 13.3 Å². The molecule has 0 spiro atoms. The maximum absolute atomic E-state index is 5.96. The summed E-state index contributed by atoms with van der Waals surface area (Å²) in [7, 11) is 1.52. The van der Waals surface area contributed by atoms with Gasteiger partial charge in [0.2, 0.25) is 0 Å². The fourth-order valence-electron chi connectivity index (χ4n) is 1.75. The summed E-state index contributed by atoms with van der Waals surface area (Å²) in [5, 5.41) is 4.65. The minimum absolute atomic E-state index is 0.272. The van der Waals surface area contributed by atoms with Crippen molar-refractivity contribution in [3.63, 3.8) is 0 Å². The van der Waals surface area contributed by atoms with Gasteiger partial charge in [-0.2, -0.15) is 0 Å². The summed E-state index contributed by atoms with van der Waals surface area (Å²) < 4.78 is 5.96. The van der Waals surface area contributed by atoms with Gasteiger partial charge in [0.25, 0.3) is 0 Å². The minimum Gasteiger partial charge on any atom is -0.480 e. The topological polar surface area (TPSA) is 30.8 Å². The van der Waals surface area contributed by atoms with Gasteiger partial charge in [-0.25, -0.2) is 0 Å². The minimum atomic E-state index is -0.272. The molecule has 0 amide bonds. The SMILES string of the molecule is CON=CC(Oc1ccc(CBr)cc1)c1ccccc1. The first kappa shape index (κ1) is 14.6. The number of hydrogen-bond donors (Lipinski definition) is 0. The van der Waals surface area contributed by atoms with Gasteiger partial charge in [0.05, 0.1) is 6.21 Å². The molecule has 1 unspecified atom stereocenters. The van der Waals surface area contributed by atoms with Crippen LogP contribution < -0.4 is 4.74 Å². The van der Waals surface area contributed by atoms with Crippen LogP contribution in [0.25, 0.3) is 0 Å². The normalized spacial score (nSPS) is 12.3. The number of hydrogen-bond acceptors (Lipinski definition) is 3. The predicted molar refractivity (Wildman–Crippen MR) is 84.4 cm³/mol. The van der Waals surface area contributed by atoms with Gasteiger partial charge in [-0.05, 0) is 23.3 Å². The number of rotatable bonds is 6. The Morgan fingerprint density at radius 2 is 1.80 bits per heavy atom. The summed E-state index contributed by atoms with van der Waals surface area (Å²) in [6.45, 7) is 0. The lowest BCUT2D eigenvalue weighted by Gasteiger charge is -2.15. The predicted octanol–water partition coefficient (Wildman–Crippen LogP) is 4.33. The van der Waals surface area contributed by atoms with Crippen LogP contribution in [0.1, 0.15) is 17.2 Å². The van der Waals surface area contributed by atoms with E-state index in [0.29, 0.717) is 0 Å². The van der Waals surface area contributed by atoms with Gasteiger partial charge in [0.15, 0.2) is 6.10 Å². The van der Waals surface area contributed by atoms with Crippen LogP contribution >= 0.6 is 15.9 Å². The molecule has 0 aromatic heterocycles. The maximum Gasteiger partial charge on any atom is 0.162 e. The van der Waals surface area contributed by atoms with Crippen LogP contribution in [-0.2, 0) is 10.2 Å². The van der Waals surface area contributed by atoms with E-state index in [0.717, 1.165) is 16.6 Å². The molecule has 4 heteroatoms. The summed E-state index contributed by atoms with van der Waals surface area (Å²) >= 11 is 3.43. The fraction of sp³-hybridized carbons (Fsp3) is 0.188. The van der Waals surface area contributed by atoms with Crippen molar-refractivity contribution in [2.24, 2.45) is 5.16 Å². The summed E-state index contributed by atoms with van der Waals surface area (Å²) in [6.07, 6.45) is 1.37. The highest BCUT2D eigenvalue weighted by Gasteiger charge is 2.10. The third kappa shape index (κ3) is 4.10. The van der Waals surface area contributed by atoms with Gasteiger partial charge in [-0.3, -0.25) is 0 Å². The number of oxime groups is 1. The molecule has 0 aliphatic heterocycles. The lowest BCUT2D eigenvalue weighted by molar-refractivity contribution is 0.205. The Balaban J connectivity index is 2.17. The molecule has 0 saturated carbocycles. The molecule has 2 aromatic carbocycles. The first-order chi connectivity index (χ1) is 9.83. The maximum atomic E-state index is 5.96. The zero-order valence-corrected chi connectivity index (χ0v) is 12.8. The molecular formula is C16H16BrNO2. The Morgan fingerprint density at radius 1 is 1.10 bits per heavy atom. The smallest absolute Gasteiger partial charge is 0.162 e. The van der Waals surface area contributed by atoms with E-state index in [1.54, 1.807) is 6.21 Å². The second kappa shape index (κ2) is 7.70. The van der Waals surface area contributed by atoms with E-state index in [2.05, 4.69) is 21.1 Å². The Kier molecular flexibility index (Phi) is 5.62. The molecule has 0 fully saturated rings. The number of halogens is 1. The van der Waals surface area contributed by atoms with Crippen molar-refractivity contribution >= 4 is 22.1 Å². The Hall–Kier alpha value is -1.81. The van der Waals surface area contributed by atoms with Crippen molar-refractivity contribution < 1.29 is 9.57 Å². The Morgan fingerprint density at radius 3 is 2.40 bits per heavy atom. The second-order valence-corrected chi connectivity index (χ2v) is 4.72. The van der Waals surface area contributed by atoms with E-state index < -0.39 is 0 Å². The van der Waals surface area contributed by atoms with Gasteiger partial charge >= 0.3 is 0 Å². The van der Waals surface area contributed by atoms with Crippen LogP contribution in [0.3, 0.4) is 0 Å².